The monoisotopic (exact) mass is 733 g/mol. The lowest BCUT2D eigenvalue weighted by Gasteiger charge is -2.25. The zero-order chi connectivity index (χ0) is 36.7. The minimum atomic E-state index is 0.874. The summed E-state index contributed by atoms with van der Waals surface area (Å²) in [6.45, 7) is 0. The summed E-state index contributed by atoms with van der Waals surface area (Å²) in [7, 11) is 0. The van der Waals surface area contributed by atoms with Gasteiger partial charge in [0.05, 0.1) is 0 Å². The van der Waals surface area contributed by atoms with Gasteiger partial charge in [-0.2, -0.15) is 0 Å². The molecule has 3 heterocycles. The predicted octanol–water partition coefficient (Wildman–Crippen LogP) is 15.8. The molecule has 0 aliphatic carbocycles. The van der Waals surface area contributed by atoms with Crippen LogP contribution in [0.3, 0.4) is 0 Å². The highest BCUT2D eigenvalue weighted by Crippen LogP contribution is 2.47. The molecule has 12 aromatic rings. The Labute approximate surface area is 325 Å². The van der Waals surface area contributed by atoms with E-state index in [0.29, 0.717) is 0 Å². The molecule has 0 bridgehead atoms. The third-order valence-corrected chi connectivity index (χ3v) is 12.5. The topological polar surface area (TPSA) is 29.5 Å². The molecule has 0 unspecified atom stereocenters. The number of benzene rings is 9. The van der Waals surface area contributed by atoms with Crippen LogP contribution in [0.25, 0.3) is 97.1 Å². The van der Waals surface area contributed by atoms with Crippen LogP contribution in [0.2, 0.25) is 0 Å². The number of hydrogen-bond acceptors (Lipinski definition) is 4. The molecule has 0 spiro atoms. The second kappa shape index (κ2) is 12.2. The molecular formula is C52H31NO2S. The molecule has 0 fully saturated rings. The van der Waals surface area contributed by atoms with Gasteiger partial charge in [0.15, 0.2) is 0 Å². The van der Waals surface area contributed by atoms with Crippen molar-refractivity contribution in [3.05, 3.63) is 188 Å². The fourth-order valence-corrected chi connectivity index (χ4v) is 9.94. The Balaban J connectivity index is 0.927. The van der Waals surface area contributed by atoms with Crippen molar-refractivity contribution in [1.82, 2.24) is 0 Å². The minimum absolute atomic E-state index is 0.874. The molecule has 0 saturated heterocycles. The summed E-state index contributed by atoms with van der Waals surface area (Å²) < 4.78 is 15.5. The maximum absolute atomic E-state index is 6.49. The van der Waals surface area contributed by atoms with E-state index in [2.05, 4.69) is 187 Å². The van der Waals surface area contributed by atoms with Crippen molar-refractivity contribution >= 4 is 103 Å². The van der Waals surface area contributed by atoms with Crippen molar-refractivity contribution in [3.8, 4) is 22.3 Å². The van der Waals surface area contributed by atoms with E-state index in [1.807, 2.05) is 17.4 Å². The Hall–Kier alpha value is -7.14. The lowest BCUT2D eigenvalue weighted by atomic mass is 9.95. The Bertz CT molecular complexity index is 3460. The molecular weight excluding hydrogens is 703 g/mol. The first-order chi connectivity index (χ1) is 27.7. The molecule has 0 amide bonds. The highest BCUT2D eigenvalue weighted by atomic mass is 32.1. The van der Waals surface area contributed by atoms with Crippen molar-refractivity contribution in [2.24, 2.45) is 0 Å². The number of fused-ring (bicyclic) bond motifs is 12. The van der Waals surface area contributed by atoms with Crippen molar-refractivity contribution in [1.29, 1.82) is 0 Å². The number of thiophene rings is 1. The quantitative estimate of drug-likeness (QED) is 0.176. The lowest BCUT2D eigenvalue weighted by molar-refractivity contribution is 0.669. The second-order valence-corrected chi connectivity index (χ2v) is 15.5. The molecule has 0 atom stereocenters. The summed E-state index contributed by atoms with van der Waals surface area (Å²) in [5.74, 6) is 0. The number of furan rings is 2. The van der Waals surface area contributed by atoms with Crippen molar-refractivity contribution in [2.45, 2.75) is 0 Å². The fourth-order valence-electron chi connectivity index (χ4n) is 8.66. The normalized spacial score (nSPS) is 11.9. The highest BCUT2D eigenvalue weighted by Gasteiger charge is 2.20. The fraction of sp³-hybridized carbons (Fsp3) is 0. The Morgan fingerprint density at radius 2 is 0.982 bits per heavy atom. The summed E-state index contributed by atoms with van der Waals surface area (Å²) in [5.41, 5.74) is 11.5. The van der Waals surface area contributed by atoms with Gasteiger partial charge in [-0.15, -0.1) is 11.3 Å². The molecule has 12 rings (SSSR count). The van der Waals surface area contributed by atoms with Gasteiger partial charge < -0.3 is 13.7 Å². The van der Waals surface area contributed by atoms with Crippen molar-refractivity contribution in [3.63, 3.8) is 0 Å². The summed E-state index contributed by atoms with van der Waals surface area (Å²) >= 11 is 1.85. The Kier molecular flexibility index (Phi) is 6.80. The maximum atomic E-state index is 6.49. The summed E-state index contributed by atoms with van der Waals surface area (Å²) in [6.07, 6.45) is 0. The van der Waals surface area contributed by atoms with Gasteiger partial charge in [0.25, 0.3) is 0 Å². The van der Waals surface area contributed by atoms with Gasteiger partial charge in [-0.05, 0) is 93.7 Å². The number of anilines is 3. The van der Waals surface area contributed by atoms with Crippen LogP contribution in [0.1, 0.15) is 0 Å². The van der Waals surface area contributed by atoms with E-state index in [9.17, 15) is 0 Å². The largest absolute Gasteiger partial charge is 0.456 e. The van der Waals surface area contributed by atoms with E-state index in [0.717, 1.165) is 55.7 Å². The summed E-state index contributed by atoms with van der Waals surface area (Å²) in [5, 5.41) is 9.65. The van der Waals surface area contributed by atoms with Crippen LogP contribution in [0, 0.1) is 0 Å². The van der Waals surface area contributed by atoms with Crippen molar-refractivity contribution in [2.75, 3.05) is 4.90 Å². The molecule has 4 heteroatoms. The van der Waals surface area contributed by atoms with Gasteiger partial charge in [-0.1, -0.05) is 121 Å². The van der Waals surface area contributed by atoms with E-state index < -0.39 is 0 Å². The van der Waals surface area contributed by atoms with Crippen LogP contribution >= 0.6 is 11.3 Å². The third kappa shape index (κ3) is 4.76. The van der Waals surface area contributed by atoms with Gasteiger partial charge >= 0.3 is 0 Å². The molecule has 0 radical (unpaired) electrons. The van der Waals surface area contributed by atoms with E-state index >= 15 is 0 Å². The van der Waals surface area contributed by atoms with Gasteiger partial charge in [0.2, 0.25) is 0 Å². The van der Waals surface area contributed by atoms with Crippen LogP contribution in [0.15, 0.2) is 197 Å². The minimum Gasteiger partial charge on any atom is -0.456 e. The van der Waals surface area contributed by atoms with Crippen LogP contribution < -0.4 is 4.90 Å². The number of para-hydroxylation sites is 2. The van der Waals surface area contributed by atoms with E-state index in [1.165, 1.54) is 58.4 Å². The Morgan fingerprint density at radius 1 is 0.357 bits per heavy atom. The van der Waals surface area contributed by atoms with E-state index in [4.69, 9.17) is 8.83 Å². The Morgan fingerprint density at radius 3 is 1.82 bits per heavy atom. The molecule has 262 valence electrons. The first-order valence-corrected chi connectivity index (χ1v) is 19.7. The smallest absolute Gasteiger partial charge is 0.137 e. The molecule has 56 heavy (non-hydrogen) atoms. The number of hydrogen-bond donors (Lipinski definition) is 0. The zero-order valence-electron chi connectivity index (χ0n) is 30.1. The lowest BCUT2D eigenvalue weighted by Crippen LogP contribution is -2.09. The average molecular weight is 734 g/mol. The summed E-state index contributed by atoms with van der Waals surface area (Å²) in [4.78, 5) is 2.29. The molecule has 0 saturated carbocycles. The molecule has 3 aromatic heterocycles. The standard InChI is InChI=1S/C52H31NO2S/c1-2-11-36(12-3-1)53(38-27-28-41-46(30-38)55-45-29-24-34-10-4-5-13-39(34)49(41)45)37-25-22-33(23-26-37)32-18-20-35(21-19-32)43-31-47-51(40-14-6-8-16-44(40)54-47)52-50(43)42-15-7-9-17-48(42)56-52/h1-31H. The SMILES string of the molecule is c1ccc(N(c2ccc(-c3ccc(-c4cc5oc6ccccc6c5c5sc6ccccc6c45)cc3)cc2)c2ccc3c(c2)oc2ccc4ccccc4c23)cc1. The number of nitrogens with zero attached hydrogens (tertiary/aromatic N) is 1. The maximum Gasteiger partial charge on any atom is 0.137 e. The van der Waals surface area contributed by atoms with Gasteiger partial charge in [0.1, 0.15) is 22.3 Å². The predicted molar refractivity (Wildman–Crippen MR) is 237 cm³/mol. The second-order valence-electron chi connectivity index (χ2n) is 14.4. The molecule has 9 aromatic carbocycles. The van der Waals surface area contributed by atoms with Gasteiger partial charge in [0, 0.05) is 64.8 Å². The first kappa shape index (κ1) is 31.2. The molecule has 0 N–H and O–H groups in total. The van der Waals surface area contributed by atoms with Crippen LogP contribution in [0.4, 0.5) is 17.1 Å². The van der Waals surface area contributed by atoms with Crippen LogP contribution in [0.5, 0.6) is 0 Å². The first-order valence-electron chi connectivity index (χ1n) is 18.9. The molecule has 0 aliphatic heterocycles. The van der Waals surface area contributed by atoms with Crippen LogP contribution in [-0.4, -0.2) is 0 Å². The van der Waals surface area contributed by atoms with E-state index in [1.54, 1.807) is 0 Å². The van der Waals surface area contributed by atoms with Crippen LogP contribution in [-0.2, 0) is 0 Å². The third-order valence-electron chi connectivity index (χ3n) is 11.3. The van der Waals surface area contributed by atoms with Gasteiger partial charge in [-0.3, -0.25) is 0 Å². The molecule has 0 aliphatic rings. The number of rotatable bonds is 5. The summed E-state index contributed by atoms with van der Waals surface area (Å²) in [6, 6.07) is 67.0. The highest BCUT2D eigenvalue weighted by molar-refractivity contribution is 7.27. The van der Waals surface area contributed by atoms with E-state index in [-0.39, 0.29) is 0 Å². The van der Waals surface area contributed by atoms with Gasteiger partial charge in [-0.25, -0.2) is 0 Å². The molecule has 3 nitrogen and oxygen atoms in total. The zero-order valence-corrected chi connectivity index (χ0v) is 30.9. The van der Waals surface area contributed by atoms with Crippen molar-refractivity contribution < 1.29 is 8.83 Å². The average Bonchev–Trinajstić information content (AvgIpc) is 3.95.